The average Bonchev–Trinajstić information content (AvgIpc) is 2.61. The summed E-state index contributed by atoms with van der Waals surface area (Å²) >= 11 is 1.60. The number of ether oxygens (including phenoxy) is 2. The Bertz CT molecular complexity index is 376. The first kappa shape index (κ1) is 9.27. The second kappa shape index (κ2) is 3.13. The molecule has 0 unspecified atom stereocenters. The lowest BCUT2D eigenvalue weighted by Crippen LogP contribution is -2.20. The van der Waals surface area contributed by atoms with Crippen LogP contribution in [0.1, 0.15) is 19.4 Å². The summed E-state index contributed by atoms with van der Waals surface area (Å²) in [7, 11) is 0. The molecule has 1 aromatic rings. The first-order valence-corrected chi connectivity index (χ1v) is 5.17. The fourth-order valence-corrected chi connectivity index (χ4v) is 1.82. The van der Waals surface area contributed by atoms with Gasteiger partial charge < -0.3 is 9.47 Å². The molecule has 2 rings (SSSR count). The molecule has 74 valence electrons. The van der Waals surface area contributed by atoms with E-state index in [1.54, 1.807) is 25.2 Å². The van der Waals surface area contributed by atoms with Crippen molar-refractivity contribution in [3.05, 3.63) is 28.1 Å². The Kier molecular flexibility index (Phi) is 2.07. The highest BCUT2D eigenvalue weighted by Gasteiger charge is 2.39. The van der Waals surface area contributed by atoms with Crippen molar-refractivity contribution in [1.82, 2.24) is 0 Å². The fourth-order valence-electron chi connectivity index (χ4n) is 1.20. The average molecular weight is 210 g/mol. The van der Waals surface area contributed by atoms with Gasteiger partial charge in [0, 0.05) is 0 Å². The summed E-state index contributed by atoms with van der Waals surface area (Å²) < 4.78 is 9.94. The third kappa shape index (κ3) is 1.65. The minimum atomic E-state index is -0.654. The summed E-state index contributed by atoms with van der Waals surface area (Å²) in [4.78, 5) is 10.9. The molecule has 0 atom stereocenters. The maximum Gasteiger partial charge on any atom is 0.514 e. The van der Waals surface area contributed by atoms with Gasteiger partial charge in [0.2, 0.25) is 0 Å². The molecule has 14 heavy (non-hydrogen) atoms. The Balaban J connectivity index is 2.31. The summed E-state index contributed by atoms with van der Waals surface area (Å²) in [6.07, 6.45) is 1.19. The van der Waals surface area contributed by atoms with E-state index in [0.29, 0.717) is 5.76 Å². The molecule has 0 amide bonds. The topological polar surface area (TPSA) is 35.5 Å². The van der Waals surface area contributed by atoms with Gasteiger partial charge in [0.05, 0.1) is 0 Å². The molecule has 0 spiro atoms. The highest BCUT2D eigenvalue weighted by Crippen LogP contribution is 2.31. The van der Waals surface area contributed by atoms with E-state index in [1.165, 1.54) is 0 Å². The normalized spacial score (nSPS) is 22.1. The van der Waals surface area contributed by atoms with Crippen LogP contribution >= 0.6 is 11.3 Å². The Morgan fingerprint density at radius 2 is 2.29 bits per heavy atom. The van der Waals surface area contributed by atoms with E-state index in [-0.39, 0.29) is 0 Å². The van der Waals surface area contributed by atoms with Crippen LogP contribution in [0.4, 0.5) is 4.79 Å². The monoisotopic (exact) mass is 210 g/mol. The lowest BCUT2D eigenvalue weighted by Gasteiger charge is -2.13. The molecule has 1 saturated heterocycles. The zero-order chi connectivity index (χ0) is 10.2. The minimum absolute atomic E-state index is 0.556. The number of hydrogen-bond acceptors (Lipinski definition) is 4. The molecule has 0 saturated carbocycles. The predicted molar refractivity (Wildman–Crippen MR) is 53.9 cm³/mol. The van der Waals surface area contributed by atoms with Gasteiger partial charge in [-0.2, -0.15) is 11.3 Å². The summed E-state index contributed by atoms with van der Waals surface area (Å²) in [6, 6.07) is 1.96. The summed E-state index contributed by atoms with van der Waals surface area (Å²) in [5.74, 6) is 0.556. The number of cyclic esters (lactones) is 2. The number of carbonyl (C=O) groups is 1. The molecule has 3 nitrogen and oxygen atoms in total. The first-order chi connectivity index (χ1) is 6.58. The lowest BCUT2D eigenvalue weighted by molar-refractivity contribution is 0.0873. The fraction of sp³-hybridized carbons (Fsp3) is 0.300. The summed E-state index contributed by atoms with van der Waals surface area (Å²) in [5, 5.41) is 3.95. The first-order valence-electron chi connectivity index (χ1n) is 4.23. The van der Waals surface area contributed by atoms with Gasteiger partial charge in [-0.15, -0.1) is 0 Å². The van der Waals surface area contributed by atoms with Crippen LogP contribution in [0.5, 0.6) is 0 Å². The zero-order valence-corrected chi connectivity index (χ0v) is 8.76. The maximum atomic E-state index is 10.9. The molecule has 0 N–H and O–H groups in total. The van der Waals surface area contributed by atoms with Crippen LogP contribution in [-0.4, -0.2) is 11.8 Å². The Morgan fingerprint density at radius 3 is 2.79 bits per heavy atom. The number of thiophene rings is 1. The Morgan fingerprint density at radius 1 is 1.50 bits per heavy atom. The van der Waals surface area contributed by atoms with Crippen molar-refractivity contribution in [1.29, 1.82) is 0 Å². The van der Waals surface area contributed by atoms with Crippen molar-refractivity contribution < 1.29 is 14.3 Å². The quantitative estimate of drug-likeness (QED) is 0.668. The van der Waals surface area contributed by atoms with E-state index in [9.17, 15) is 4.79 Å². The predicted octanol–water partition coefficient (Wildman–Crippen LogP) is 3.03. The van der Waals surface area contributed by atoms with Crippen molar-refractivity contribution >= 4 is 23.6 Å². The van der Waals surface area contributed by atoms with Gasteiger partial charge in [-0.1, -0.05) is 0 Å². The number of rotatable bonds is 1. The van der Waals surface area contributed by atoms with Crippen LogP contribution in [0.2, 0.25) is 0 Å². The van der Waals surface area contributed by atoms with Gasteiger partial charge in [0.1, 0.15) is 0 Å². The molecule has 0 aromatic carbocycles. The SMILES string of the molecule is CC1(C)OC(=O)O/C1=C\c1ccsc1. The van der Waals surface area contributed by atoms with Crippen LogP contribution < -0.4 is 0 Å². The molecular formula is C10H10O3S. The van der Waals surface area contributed by atoms with Crippen molar-refractivity contribution in [2.24, 2.45) is 0 Å². The summed E-state index contributed by atoms with van der Waals surface area (Å²) in [5.41, 5.74) is 0.371. The van der Waals surface area contributed by atoms with Gasteiger partial charge in [-0.05, 0) is 42.3 Å². The summed E-state index contributed by atoms with van der Waals surface area (Å²) in [6.45, 7) is 3.60. The third-order valence-corrected chi connectivity index (χ3v) is 2.67. The molecule has 1 aliphatic rings. The smallest absolute Gasteiger partial charge is 0.420 e. The molecule has 2 heterocycles. The molecule has 1 aliphatic heterocycles. The number of hydrogen-bond donors (Lipinski definition) is 0. The van der Waals surface area contributed by atoms with Crippen molar-refractivity contribution in [3.8, 4) is 0 Å². The van der Waals surface area contributed by atoms with Crippen molar-refractivity contribution in [2.75, 3.05) is 0 Å². The Labute approximate surface area is 86.0 Å². The van der Waals surface area contributed by atoms with E-state index in [4.69, 9.17) is 9.47 Å². The van der Waals surface area contributed by atoms with E-state index >= 15 is 0 Å². The molecule has 4 heteroatoms. The van der Waals surface area contributed by atoms with Crippen LogP contribution in [0.15, 0.2) is 22.6 Å². The standard InChI is InChI=1S/C10H10O3S/c1-10(2)8(12-9(11)13-10)5-7-3-4-14-6-7/h3-6H,1-2H3/b8-5-. The van der Waals surface area contributed by atoms with Gasteiger partial charge in [-0.25, -0.2) is 4.79 Å². The van der Waals surface area contributed by atoms with Gasteiger partial charge in [0.15, 0.2) is 11.4 Å². The van der Waals surface area contributed by atoms with E-state index in [2.05, 4.69) is 0 Å². The molecule has 0 bridgehead atoms. The zero-order valence-electron chi connectivity index (χ0n) is 7.94. The lowest BCUT2D eigenvalue weighted by atomic mass is 10.1. The molecule has 1 fully saturated rings. The van der Waals surface area contributed by atoms with Crippen molar-refractivity contribution in [2.45, 2.75) is 19.4 Å². The van der Waals surface area contributed by atoms with Gasteiger partial charge >= 0.3 is 6.16 Å². The molecule has 0 radical (unpaired) electrons. The second-order valence-corrected chi connectivity index (χ2v) is 4.31. The molecule has 1 aromatic heterocycles. The van der Waals surface area contributed by atoms with E-state index in [1.807, 2.05) is 22.9 Å². The van der Waals surface area contributed by atoms with Crippen LogP contribution in [-0.2, 0) is 9.47 Å². The van der Waals surface area contributed by atoms with Crippen LogP contribution in [0, 0.1) is 0 Å². The third-order valence-electron chi connectivity index (χ3n) is 1.97. The van der Waals surface area contributed by atoms with Crippen molar-refractivity contribution in [3.63, 3.8) is 0 Å². The largest absolute Gasteiger partial charge is 0.514 e. The van der Waals surface area contributed by atoms with E-state index < -0.39 is 11.8 Å². The molecular weight excluding hydrogens is 200 g/mol. The maximum absolute atomic E-state index is 10.9. The highest BCUT2D eigenvalue weighted by atomic mass is 32.1. The second-order valence-electron chi connectivity index (χ2n) is 3.53. The van der Waals surface area contributed by atoms with E-state index in [0.717, 1.165) is 5.56 Å². The van der Waals surface area contributed by atoms with Crippen LogP contribution in [0.25, 0.3) is 6.08 Å². The Hall–Kier alpha value is -1.29. The van der Waals surface area contributed by atoms with Gasteiger partial charge in [0.25, 0.3) is 0 Å². The number of carbonyl (C=O) groups excluding carboxylic acids is 1. The highest BCUT2D eigenvalue weighted by molar-refractivity contribution is 7.08. The van der Waals surface area contributed by atoms with Crippen LogP contribution in [0.3, 0.4) is 0 Å². The minimum Gasteiger partial charge on any atom is -0.420 e. The molecule has 0 aliphatic carbocycles. The van der Waals surface area contributed by atoms with Gasteiger partial charge in [-0.3, -0.25) is 0 Å².